The van der Waals surface area contributed by atoms with Crippen LogP contribution in [0.5, 0.6) is 0 Å². The van der Waals surface area contributed by atoms with Crippen LogP contribution in [0.1, 0.15) is 23.2 Å². The Hall–Kier alpha value is -1.13. The Morgan fingerprint density at radius 1 is 1.62 bits per heavy atom. The van der Waals surface area contributed by atoms with Crippen molar-refractivity contribution in [2.75, 3.05) is 19.7 Å². The smallest absolute Gasteiger partial charge is 0.178 e. The second-order valence-electron chi connectivity index (χ2n) is 4.41. The van der Waals surface area contributed by atoms with Crippen molar-refractivity contribution in [3.05, 3.63) is 24.0 Å². The molecule has 4 nitrogen and oxygen atoms in total. The van der Waals surface area contributed by atoms with Crippen LogP contribution in [0.2, 0.25) is 0 Å². The van der Waals surface area contributed by atoms with E-state index in [2.05, 4.69) is 4.90 Å². The zero-order valence-electron chi connectivity index (χ0n) is 9.59. The summed E-state index contributed by atoms with van der Waals surface area (Å²) >= 11 is 0. The van der Waals surface area contributed by atoms with E-state index >= 15 is 0 Å². The molecule has 1 aliphatic carbocycles. The molecular formula is C12H18N2O2. The fourth-order valence-electron chi connectivity index (χ4n) is 1.90. The predicted octanol–water partition coefficient (Wildman–Crippen LogP) is 0.664. The van der Waals surface area contributed by atoms with Crippen molar-refractivity contribution in [3.8, 4) is 0 Å². The monoisotopic (exact) mass is 222 g/mol. The Kier molecular flexibility index (Phi) is 3.41. The number of aliphatic hydroxyl groups excluding tert-OH is 1. The molecule has 0 unspecified atom stereocenters. The molecule has 0 radical (unpaired) electrons. The third-order valence-corrected chi connectivity index (χ3v) is 2.95. The quantitative estimate of drug-likeness (QED) is 0.719. The summed E-state index contributed by atoms with van der Waals surface area (Å²) in [5.41, 5.74) is 0.756. The van der Waals surface area contributed by atoms with E-state index in [1.165, 1.54) is 0 Å². The lowest BCUT2D eigenvalue weighted by atomic mass is 10.2. The largest absolute Gasteiger partial charge is 0.395 e. The highest BCUT2D eigenvalue weighted by Gasteiger charge is 2.29. The zero-order valence-corrected chi connectivity index (χ0v) is 9.59. The fraction of sp³-hybridized carbons (Fsp3) is 0.583. The number of hydrogen-bond donors (Lipinski definition) is 1. The van der Waals surface area contributed by atoms with Gasteiger partial charge in [-0.3, -0.25) is 9.69 Å². The van der Waals surface area contributed by atoms with Crippen LogP contribution in [0, 0.1) is 0 Å². The molecule has 0 bridgehead atoms. The zero-order chi connectivity index (χ0) is 11.5. The van der Waals surface area contributed by atoms with Gasteiger partial charge in [0.15, 0.2) is 5.78 Å². The highest BCUT2D eigenvalue weighted by atomic mass is 16.3. The van der Waals surface area contributed by atoms with Gasteiger partial charge in [0.25, 0.3) is 0 Å². The van der Waals surface area contributed by atoms with Crippen molar-refractivity contribution in [1.82, 2.24) is 9.47 Å². The standard InChI is InChI=1S/C12H18N2O2/c1-13-5-4-10(8-13)12(16)9-14(6-7-15)11-2-3-11/h4-5,8,11,15H,2-3,6-7,9H2,1H3. The number of carbonyl (C=O) groups is 1. The van der Waals surface area contributed by atoms with Crippen molar-refractivity contribution in [1.29, 1.82) is 0 Å². The molecule has 0 aliphatic heterocycles. The molecule has 1 saturated carbocycles. The summed E-state index contributed by atoms with van der Waals surface area (Å²) in [4.78, 5) is 14.0. The Balaban J connectivity index is 1.94. The van der Waals surface area contributed by atoms with Crippen LogP contribution in [0.15, 0.2) is 18.5 Å². The fourth-order valence-corrected chi connectivity index (χ4v) is 1.90. The lowest BCUT2D eigenvalue weighted by Crippen LogP contribution is -2.34. The molecule has 88 valence electrons. The summed E-state index contributed by atoms with van der Waals surface area (Å²) in [5, 5.41) is 8.94. The summed E-state index contributed by atoms with van der Waals surface area (Å²) in [6.07, 6.45) is 6.03. The van der Waals surface area contributed by atoms with Crippen LogP contribution in [0.4, 0.5) is 0 Å². The normalized spacial score (nSPS) is 15.7. The molecule has 2 rings (SSSR count). The summed E-state index contributed by atoms with van der Waals surface area (Å²) in [6, 6.07) is 2.35. The van der Waals surface area contributed by atoms with Crippen LogP contribution in [0.3, 0.4) is 0 Å². The summed E-state index contributed by atoms with van der Waals surface area (Å²) in [5.74, 6) is 0.140. The van der Waals surface area contributed by atoms with Gasteiger partial charge in [0.05, 0.1) is 13.2 Å². The molecule has 1 aromatic heterocycles. The van der Waals surface area contributed by atoms with E-state index in [0.717, 1.165) is 18.4 Å². The molecule has 0 amide bonds. The number of Topliss-reactive ketones (excluding diaryl/α,β-unsaturated/α-hetero) is 1. The molecule has 1 fully saturated rings. The molecule has 16 heavy (non-hydrogen) atoms. The number of nitrogens with zero attached hydrogens (tertiary/aromatic N) is 2. The number of carbonyl (C=O) groups excluding carboxylic acids is 1. The van der Waals surface area contributed by atoms with Crippen LogP contribution >= 0.6 is 0 Å². The van der Waals surface area contributed by atoms with Crippen LogP contribution in [0.25, 0.3) is 0 Å². The van der Waals surface area contributed by atoms with Gasteiger partial charge in [-0.15, -0.1) is 0 Å². The first-order chi connectivity index (χ1) is 7.70. The van der Waals surface area contributed by atoms with Crippen molar-refractivity contribution < 1.29 is 9.90 Å². The van der Waals surface area contributed by atoms with Crippen molar-refractivity contribution in [2.24, 2.45) is 7.05 Å². The van der Waals surface area contributed by atoms with E-state index in [1.54, 1.807) is 0 Å². The maximum absolute atomic E-state index is 11.9. The molecule has 0 spiro atoms. The number of aryl methyl sites for hydroxylation is 1. The molecule has 1 heterocycles. The first kappa shape index (κ1) is 11.4. The summed E-state index contributed by atoms with van der Waals surface area (Å²) in [6.45, 7) is 1.15. The number of ketones is 1. The lowest BCUT2D eigenvalue weighted by Gasteiger charge is -2.19. The number of aromatic nitrogens is 1. The minimum absolute atomic E-state index is 0.124. The van der Waals surface area contributed by atoms with Crippen molar-refractivity contribution >= 4 is 5.78 Å². The molecule has 4 heteroatoms. The third-order valence-electron chi connectivity index (χ3n) is 2.95. The predicted molar refractivity (Wildman–Crippen MR) is 61.4 cm³/mol. The van der Waals surface area contributed by atoms with Gasteiger partial charge in [-0.2, -0.15) is 0 Å². The molecule has 0 saturated heterocycles. The Morgan fingerprint density at radius 2 is 2.38 bits per heavy atom. The van der Waals surface area contributed by atoms with Gasteiger partial charge in [0, 0.05) is 37.6 Å². The maximum atomic E-state index is 11.9. The van der Waals surface area contributed by atoms with Gasteiger partial charge in [0.2, 0.25) is 0 Å². The number of hydrogen-bond acceptors (Lipinski definition) is 3. The highest BCUT2D eigenvalue weighted by Crippen LogP contribution is 2.26. The first-order valence-corrected chi connectivity index (χ1v) is 5.71. The van der Waals surface area contributed by atoms with Gasteiger partial charge in [-0.05, 0) is 18.9 Å². The second-order valence-corrected chi connectivity index (χ2v) is 4.41. The van der Waals surface area contributed by atoms with E-state index in [1.807, 2.05) is 30.1 Å². The molecule has 1 aromatic rings. The molecular weight excluding hydrogens is 204 g/mol. The Morgan fingerprint density at radius 3 is 2.88 bits per heavy atom. The maximum Gasteiger partial charge on any atom is 0.178 e. The molecule has 0 atom stereocenters. The van der Waals surface area contributed by atoms with E-state index in [0.29, 0.717) is 19.1 Å². The van der Waals surface area contributed by atoms with Gasteiger partial charge in [-0.25, -0.2) is 0 Å². The Bertz CT molecular complexity index is 369. The van der Waals surface area contributed by atoms with Crippen LogP contribution in [-0.2, 0) is 7.05 Å². The SMILES string of the molecule is Cn1ccc(C(=O)CN(CCO)C2CC2)c1. The number of rotatable bonds is 6. The summed E-state index contributed by atoms with van der Waals surface area (Å²) < 4.78 is 1.88. The number of aliphatic hydroxyl groups is 1. The van der Waals surface area contributed by atoms with Crippen molar-refractivity contribution in [2.45, 2.75) is 18.9 Å². The van der Waals surface area contributed by atoms with Crippen molar-refractivity contribution in [3.63, 3.8) is 0 Å². The topological polar surface area (TPSA) is 45.5 Å². The van der Waals surface area contributed by atoms with Gasteiger partial charge in [0.1, 0.15) is 0 Å². The van der Waals surface area contributed by atoms with Crippen LogP contribution < -0.4 is 0 Å². The van der Waals surface area contributed by atoms with Crippen LogP contribution in [-0.4, -0.2) is 46.1 Å². The molecule has 0 aromatic carbocycles. The van der Waals surface area contributed by atoms with Gasteiger partial charge >= 0.3 is 0 Å². The van der Waals surface area contributed by atoms with E-state index < -0.39 is 0 Å². The second kappa shape index (κ2) is 4.80. The molecule has 1 N–H and O–H groups in total. The third kappa shape index (κ3) is 2.71. The van der Waals surface area contributed by atoms with E-state index in [4.69, 9.17) is 5.11 Å². The van der Waals surface area contributed by atoms with Gasteiger partial charge < -0.3 is 9.67 Å². The highest BCUT2D eigenvalue weighted by molar-refractivity contribution is 5.97. The minimum Gasteiger partial charge on any atom is -0.395 e. The average molecular weight is 222 g/mol. The average Bonchev–Trinajstić information content (AvgIpc) is 3.00. The van der Waals surface area contributed by atoms with Gasteiger partial charge in [-0.1, -0.05) is 0 Å². The molecule has 1 aliphatic rings. The van der Waals surface area contributed by atoms with E-state index in [9.17, 15) is 4.79 Å². The minimum atomic E-state index is 0.124. The van der Waals surface area contributed by atoms with E-state index in [-0.39, 0.29) is 12.4 Å². The lowest BCUT2D eigenvalue weighted by molar-refractivity contribution is 0.0907. The summed E-state index contributed by atoms with van der Waals surface area (Å²) in [7, 11) is 1.91. The first-order valence-electron chi connectivity index (χ1n) is 5.71. The Labute approximate surface area is 95.5 Å².